The minimum atomic E-state index is -0.663. The van der Waals surface area contributed by atoms with E-state index in [9.17, 15) is 14.9 Å². The Morgan fingerprint density at radius 1 is 1.13 bits per heavy atom. The van der Waals surface area contributed by atoms with Crippen molar-refractivity contribution in [2.24, 2.45) is 5.92 Å². The van der Waals surface area contributed by atoms with Gasteiger partial charge in [-0.25, -0.2) is 0 Å². The van der Waals surface area contributed by atoms with Gasteiger partial charge in [0.2, 0.25) is 5.91 Å². The van der Waals surface area contributed by atoms with Crippen molar-refractivity contribution >= 4 is 27.6 Å². The van der Waals surface area contributed by atoms with Crippen molar-refractivity contribution in [3.8, 4) is 12.1 Å². The van der Waals surface area contributed by atoms with Gasteiger partial charge in [0.15, 0.2) is 0 Å². The molecule has 2 aromatic carbocycles. The fraction of sp³-hybridized carbons (Fsp3) is 0.333. The van der Waals surface area contributed by atoms with Gasteiger partial charge in [-0.15, -0.1) is 0 Å². The Labute approximate surface area is 178 Å². The first-order valence-corrected chi connectivity index (χ1v) is 10.5. The first kappa shape index (κ1) is 19.3. The molecule has 1 aromatic heterocycles. The molecule has 4 atom stereocenters. The number of nitrogens with one attached hydrogen (secondary N) is 3. The summed E-state index contributed by atoms with van der Waals surface area (Å²) in [5, 5.41) is 27.1. The number of amides is 1. The number of hydrogen-bond acceptors (Lipinski definition) is 5. The number of H-pyrrole nitrogens is 1. The Morgan fingerprint density at radius 3 is 2.68 bits per heavy atom. The van der Waals surface area contributed by atoms with Crippen LogP contribution in [0.4, 0.5) is 0 Å². The van der Waals surface area contributed by atoms with Gasteiger partial charge in [-0.05, 0) is 54.3 Å². The zero-order valence-electron chi connectivity index (χ0n) is 16.8. The molecule has 31 heavy (non-hydrogen) atoms. The summed E-state index contributed by atoms with van der Waals surface area (Å²) in [6.45, 7) is 0. The highest BCUT2D eigenvalue weighted by atomic mass is 16.2. The molecule has 7 heteroatoms. The molecule has 2 bridgehead atoms. The summed E-state index contributed by atoms with van der Waals surface area (Å²) in [6.07, 6.45) is 3.54. The monoisotopic (exact) mass is 411 g/mol. The van der Waals surface area contributed by atoms with E-state index in [0.717, 1.165) is 35.6 Å². The van der Waals surface area contributed by atoms with Crippen LogP contribution in [0.3, 0.4) is 0 Å². The molecule has 2 aliphatic rings. The number of hydrogen-bond donors (Lipinski definition) is 3. The summed E-state index contributed by atoms with van der Waals surface area (Å²) in [4.78, 5) is 28.1. The van der Waals surface area contributed by atoms with Crippen LogP contribution in [0.1, 0.15) is 30.4 Å². The fourth-order valence-corrected chi connectivity index (χ4v) is 5.06. The van der Waals surface area contributed by atoms with Crippen LogP contribution in [0, 0.1) is 28.6 Å². The van der Waals surface area contributed by atoms with Crippen LogP contribution in [0.25, 0.3) is 21.7 Å². The molecule has 1 saturated heterocycles. The normalized spacial score (nSPS) is 22.8. The number of nitriles is 2. The summed E-state index contributed by atoms with van der Waals surface area (Å²) in [7, 11) is 0. The fourth-order valence-electron chi connectivity index (χ4n) is 5.06. The lowest BCUT2D eigenvalue weighted by Crippen LogP contribution is -2.50. The molecule has 1 amide bonds. The predicted molar refractivity (Wildman–Crippen MR) is 116 cm³/mol. The van der Waals surface area contributed by atoms with Gasteiger partial charge < -0.3 is 15.6 Å². The van der Waals surface area contributed by atoms with E-state index in [2.05, 4.69) is 27.8 Å². The standard InChI is InChI=1S/C24H21N5O2/c25-11-14-2-6-19-18-5-1-13(8-20(18)23(30)29-21(19)9-14)7-17(12-26)28-24(31)22-15-3-4-16(10-15)27-22/h1-2,5-6,8-9,15-17,22,27H,3-4,7,10H2,(H,28,31)(H,29,30). The second kappa shape index (κ2) is 7.54. The van der Waals surface area contributed by atoms with Crippen LogP contribution in [0.5, 0.6) is 0 Å². The maximum Gasteiger partial charge on any atom is 0.256 e. The molecule has 3 aromatic rings. The van der Waals surface area contributed by atoms with E-state index in [-0.39, 0.29) is 17.5 Å². The Hall–Kier alpha value is -3.68. The number of aromatic nitrogens is 1. The molecule has 154 valence electrons. The van der Waals surface area contributed by atoms with Crippen LogP contribution < -0.4 is 16.2 Å². The molecular formula is C24H21N5O2. The van der Waals surface area contributed by atoms with Crippen molar-refractivity contribution < 1.29 is 4.79 Å². The number of fused-ring (bicyclic) bond motifs is 5. The first-order valence-electron chi connectivity index (χ1n) is 10.5. The number of rotatable bonds is 4. The van der Waals surface area contributed by atoms with Crippen molar-refractivity contribution in [2.45, 2.75) is 43.8 Å². The van der Waals surface area contributed by atoms with E-state index < -0.39 is 6.04 Å². The van der Waals surface area contributed by atoms with Crippen LogP contribution in [-0.2, 0) is 11.2 Å². The molecule has 2 fully saturated rings. The minimum Gasteiger partial charge on any atom is -0.339 e. The van der Waals surface area contributed by atoms with Crippen molar-refractivity contribution in [1.82, 2.24) is 15.6 Å². The van der Waals surface area contributed by atoms with Gasteiger partial charge in [-0.3, -0.25) is 9.59 Å². The van der Waals surface area contributed by atoms with Gasteiger partial charge in [0, 0.05) is 23.2 Å². The van der Waals surface area contributed by atoms with Gasteiger partial charge in [0.05, 0.1) is 29.3 Å². The van der Waals surface area contributed by atoms with Gasteiger partial charge >= 0.3 is 0 Å². The first-order chi connectivity index (χ1) is 15.1. The SMILES string of the molecule is N#Cc1ccc2c(c1)[nH]c(=O)c1cc(CC(C#N)NC(=O)C3NC4CCC3C4)ccc12. The third-order valence-corrected chi connectivity index (χ3v) is 6.57. The lowest BCUT2D eigenvalue weighted by Gasteiger charge is -2.23. The van der Waals surface area contributed by atoms with E-state index in [1.165, 1.54) is 0 Å². The molecule has 5 rings (SSSR count). The summed E-state index contributed by atoms with van der Waals surface area (Å²) in [6, 6.07) is 14.5. The number of aromatic amines is 1. The van der Waals surface area contributed by atoms with E-state index in [0.29, 0.717) is 34.8 Å². The lowest BCUT2D eigenvalue weighted by atomic mass is 9.97. The van der Waals surface area contributed by atoms with Gasteiger partial charge in [-0.2, -0.15) is 10.5 Å². The number of carbonyl (C=O) groups is 1. The smallest absolute Gasteiger partial charge is 0.256 e. The van der Waals surface area contributed by atoms with Crippen molar-refractivity contribution in [3.05, 3.63) is 57.9 Å². The van der Waals surface area contributed by atoms with Crippen molar-refractivity contribution in [1.29, 1.82) is 10.5 Å². The summed E-state index contributed by atoms with van der Waals surface area (Å²) < 4.78 is 0. The Kier molecular flexibility index (Phi) is 4.69. The van der Waals surface area contributed by atoms with E-state index in [1.54, 1.807) is 18.2 Å². The Balaban J connectivity index is 1.39. The largest absolute Gasteiger partial charge is 0.339 e. The number of piperidine rings is 1. The molecule has 0 radical (unpaired) electrons. The van der Waals surface area contributed by atoms with Gasteiger partial charge in [0.1, 0.15) is 6.04 Å². The molecule has 3 N–H and O–H groups in total. The summed E-state index contributed by atoms with van der Waals surface area (Å²) >= 11 is 0. The maximum atomic E-state index is 12.7. The topological polar surface area (TPSA) is 122 Å². The second-order valence-electron chi connectivity index (χ2n) is 8.52. The van der Waals surface area contributed by atoms with E-state index >= 15 is 0 Å². The predicted octanol–water partition coefficient (Wildman–Crippen LogP) is 2.24. The molecule has 1 saturated carbocycles. The number of carbonyl (C=O) groups excluding carboxylic acids is 1. The average Bonchev–Trinajstić information content (AvgIpc) is 3.42. The van der Waals surface area contributed by atoms with Gasteiger partial charge in [0.25, 0.3) is 5.56 Å². The molecule has 2 heterocycles. The highest BCUT2D eigenvalue weighted by Gasteiger charge is 2.43. The summed E-state index contributed by atoms with van der Waals surface area (Å²) in [5.74, 6) is 0.245. The Bertz CT molecular complexity index is 1350. The zero-order chi connectivity index (χ0) is 21.5. The summed E-state index contributed by atoms with van der Waals surface area (Å²) in [5.41, 5.74) is 1.66. The quantitative estimate of drug-likeness (QED) is 0.569. The second-order valence-corrected chi connectivity index (χ2v) is 8.52. The van der Waals surface area contributed by atoms with E-state index in [4.69, 9.17) is 5.26 Å². The average molecular weight is 411 g/mol. The maximum absolute atomic E-state index is 12.7. The third-order valence-electron chi connectivity index (χ3n) is 6.57. The van der Waals surface area contributed by atoms with Crippen LogP contribution in [0.15, 0.2) is 41.2 Å². The molecule has 1 aliphatic carbocycles. The van der Waals surface area contributed by atoms with Gasteiger partial charge in [-0.1, -0.05) is 18.2 Å². The highest BCUT2D eigenvalue weighted by Crippen LogP contribution is 2.35. The minimum absolute atomic E-state index is 0.114. The third kappa shape index (κ3) is 3.43. The van der Waals surface area contributed by atoms with E-state index in [1.807, 2.05) is 18.2 Å². The molecule has 0 spiro atoms. The molecule has 7 nitrogen and oxygen atoms in total. The lowest BCUT2D eigenvalue weighted by molar-refractivity contribution is -0.124. The van der Waals surface area contributed by atoms with Crippen molar-refractivity contribution in [3.63, 3.8) is 0 Å². The molecule has 4 unspecified atom stereocenters. The molecular weight excluding hydrogens is 390 g/mol. The number of nitrogens with zero attached hydrogens (tertiary/aromatic N) is 2. The zero-order valence-corrected chi connectivity index (χ0v) is 16.8. The highest BCUT2D eigenvalue weighted by molar-refractivity contribution is 6.05. The molecule has 1 aliphatic heterocycles. The Morgan fingerprint density at radius 2 is 1.97 bits per heavy atom. The van der Waals surface area contributed by atoms with Crippen LogP contribution in [-0.4, -0.2) is 29.0 Å². The van der Waals surface area contributed by atoms with Crippen LogP contribution >= 0.6 is 0 Å². The number of benzene rings is 2. The number of pyridine rings is 1. The van der Waals surface area contributed by atoms with Crippen molar-refractivity contribution in [2.75, 3.05) is 0 Å². The van der Waals surface area contributed by atoms with Crippen LogP contribution in [0.2, 0.25) is 0 Å².